The summed E-state index contributed by atoms with van der Waals surface area (Å²) < 4.78 is 15.8. The highest BCUT2D eigenvalue weighted by Crippen LogP contribution is 2.42. The van der Waals surface area contributed by atoms with Crippen molar-refractivity contribution in [2.45, 2.75) is 32.9 Å². The molecule has 0 aliphatic carbocycles. The lowest BCUT2D eigenvalue weighted by Gasteiger charge is -2.40. The Morgan fingerprint density at radius 3 is 2.36 bits per heavy atom. The molecule has 2 heterocycles. The van der Waals surface area contributed by atoms with Gasteiger partial charge in [0.15, 0.2) is 0 Å². The van der Waals surface area contributed by atoms with Crippen molar-refractivity contribution in [2.75, 3.05) is 11.4 Å². The van der Waals surface area contributed by atoms with E-state index in [1.807, 2.05) is 47.2 Å². The number of hydrogen-bond acceptors (Lipinski definition) is 4. The summed E-state index contributed by atoms with van der Waals surface area (Å²) in [6.45, 7) is 4.93. The number of hydrogen-bond donors (Lipinski definition) is 0. The van der Waals surface area contributed by atoms with Crippen LogP contribution in [0.15, 0.2) is 85.1 Å². The summed E-state index contributed by atoms with van der Waals surface area (Å²) in [6.07, 6.45) is 1.92. The molecule has 1 aliphatic rings. The summed E-state index contributed by atoms with van der Waals surface area (Å²) in [4.78, 5) is 41.7. The van der Waals surface area contributed by atoms with Gasteiger partial charge in [0.25, 0.3) is 11.6 Å². The highest BCUT2D eigenvalue weighted by Gasteiger charge is 2.37. The van der Waals surface area contributed by atoms with Crippen molar-refractivity contribution in [1.29, 1.82) is 0 Å². The molecule has 1 aliphatic heterocycles. The van der Waals surface area contributed by atoms with Crippen molar-refractivity contribution in [1.82, 2.24) is 9.47 Å². The number of aryl methyl sites for hydroxylation is 1. The van der Waals surface area contributed by atoms with Crippen LogP contribution in [0.5, 0.6) is 0 Å². The molecule has 0 spiro atoms. The van der Waals surface area contributed by atoms with Gasteiger partial charge in [-0.2, -0.15) is 0 Å². The molecule has 198 valence electrons. The first-order chi connectivity index (χ1) is 18.7. The molecule has 0 saturated carbocycles. The smallest absolute Gasteiger partial charge is 0.273 e. The summed E-state index contributed by atoms with van der Waals surface area (Å²) in [5, 5.41) is 11.5. The number of carbonyl (C=O) groups excluding carboxylic acids is 2. The second-order valence-corrected chi connectivity index (χ2v) is 9.79. The molecule has 0 fully saturated rings. The molecule has 5 rings (SSSR count). The fourth-order valence-electron chi connectivity index (χ4n) is 5.04. The van der Waals surface area contributed by atoms with Gasteiger partial charge >= 0.3 is 0 Å². The number of fused-ring (bicyclic) bond motifs is 3. The zero-order chi connectivity index (χ0) is 27.8. The van der Waals surface area contributed by atoms with Crippen LogP contribution in [0, 0.1) is 22.9 Å². The molecular weight excluding hydrogens is 499 g/mol. The van der Waals surface area contributed by atoms with Crippen LogP contribution in [-0.4, -0.2) is 38.8 Å². The predicted molar refractivity (Wildman–Crippen MR) is 146 cm³/mol. The summed E-state index contributed by atoms with van der Waals surface area (Å²) in [7, 11) is 0. The number of rotatable bonds is 6. The third-order valence-corrected chi connectivity index (χ3v) is 7.02. The molecule has 2 amide bonds. The predicted octanol–water partition coefficient (Wildman–Crippen LogP) is 5.82. The normalized spacial score (nSPS) is 14.1. The van der Waals surface area contributed by atoms with Crippen LogP contribution in [0.4, 0.5) is 15.8 Å². The maximum atomic E-state index is 14.2. The van der Waals surface area contributed by atoms with Crippen LogP contribution in [0.25, 0.3) is 5.69 Å². The van der Waals surface area contributed by atoms with Gasteiger partial charge in [0.1, 0.15) is 18.4 Å². The van der Waals surface area contributed by atoms with E-state index in [-0.39, 0.29) is 35.6 Å². The van der Waals surface area contributed by atoms with Crippen LogP contribution >= 0.6 is 0 Å². The van der Waals surface area contributed by atoms with E-state index in [0.717, 1.165) is 16.9 Å². The van der Waals surface area contributed by atoms with Crippen molar-refractivity contribution in [3.63, 3.8) is 0 Å². The monoisotopic (exact) mass is 526 g/mol. The van der Waals surface area contributed by atoms with Crippen molar-refractivity contribution in [3.8, 4) is 5.69 Å². The van der Waals surface area contributed by atoms with Gasteiger partial charge < -0.3 is 9.47 Å². The van der Waals surface area contributed by atoms with E-state index in [2.05, 4.69) is 0 Å². The number of anilines is 1. The Kier molecular flexibility index (Phi) is 6.74. The Balaban J connectivity index is 1.56. The number of para-hydroxylation sites is 2. The minimum Gasteiger partial charge on any atom is -0.327 e. The Morgan fingerprint density at radius 2 is 1.69 bits per heavy atom. The van der Waals surface area contributed by atoms with Gasteiger partial charge in [-0.1, -0.05) is 30.3 Å². The van der Waals surface area contributed by atoms with Gasteiger partial charge in [-0.25, -0.2) is 4.39 Å². The number of halogens is 1. The maximum Gasteiger partial charge on any atom is 0.273 e. The van der Waals surface area contributed by atoms with Gasteiger partial charge in [-0.15, -0.1) is 0 Å². The van der Waals surface area contributed by atoms with Crippen molar-refractivity contribution < 1.29 is 18.9 Å². The second-order valence-electron chi connectivity index (χ2n) is 9.79. The van der Waals surface area contributed by atoms with Gasteiger partial charge in [-0.05, 0) is 68.8 Å². The molecule has 1 aromatic heterocycles. The lowest BCUT2D eigenvalue weighted by molar-refractivity contribution is -0.385. The molecule has 4 aromatic rings. The lowest BCUT2D eigenvalue weighted by atomic mass is 9.97. The molecule has 9 heteroatoms. The fraction of sp³-hybridized carbons (Fsp3) is 0.200. The molecular formula is C30H27FN4O4. The molecule has 0 unspecified atom stereocenters. The Bertz CT molecular complexity index is 1580. The minimum absolute atomic E-state index is 0.136. The standard InChI is InChI=1S/C30H27FN4O4/c1-19(2)33(30(37)22-11-10-20(3)27(17-22)35(38)39)18-28(36)34-25-8-5-4-7-24(25)32-16-6-9-26(32)29(34)21-12-14-23(31)15-13-21/h4-17,19,29H,18H2,1-3H3/t29-/m0/s1. The van der Waals surface area contributed by atoms with Crippen molar-refractivity contribution >= 4 is 23.2 Å². The quantitative estimate of drug-likeness (QED) is 0.234. The van der Waals surface area contributed by atoms with Crippen LogP contribution < -0.4 is 4.90 Å². The van der Waals surface area contributed by atoms with E-state index in [1.54, 1.807) is 37.8 Å². The fourth-order valence-corrected chi connectivity index (χ4v) is 5.04. The minimum atomic E-state index is -0.562. The Hall–Kier alpha value is -4.79. The molecule has 0 saturated heterocycles. The number of carbonyl (C=O) groups is 2. The van der Waals surface area contributed by atoms with Crippen molar-refractivity contribution in [2.24, 2.45) is 0 Å². The van der Waals surface area contributed by atoms with E-state index >= 15 is 0 Å². The van der Waals surface area contributed by atoms with E-state index in [0.29, 0.717) is 11.3 Å². The maximum absolute atomic E-state index is 14.2. The molecule has 8 nitrogen and oxygen atoms in total. The van der Waals surface area contributed by atoms with Gasteiger partial charge in [0.2, 0.25) is 5.91 Å². The van der Waals surface area contributed by atoms with E-state index in [4.69, 9.17) is 0 Å². The third-order valence-electron chi connectivity index (χ3n) is 7.02. The largest absolute Gasteiger partial charge is 0.327 e. The molecule has 0 N–H and O–H groups in total. The Morgan fingerprint density at radius 1 is 1.00 bits per heavy atom. The average Bonchev–Trinajstić information content (AvgIpc) is 3.41. The average molecular weight is 527 g/mol. The lowest BCUT2D eigenvalue weighted by Crippen LogP contribution is -2.48. The number of amides is 2. The van der Waals surface area contributed by atoms with Gasteiger partial charge in [-0.3, -0.25) is 24.6 Å². The number of aromatic nitrogens is 1. The summed E-state index contributed by atoms with van der Waals surface area (Å²) in [5.41, 5.74) is 3.43. The van der Waals surface area contributed by atoms with Crippen LogP contribution in [-0.2, 0) is 4.79 Å². The molecule has 39 heavy (non-hydrogen) atoms. The first-order valence-electron chi connectivity index (χ1n) is 12.6. The molecule has 1 atom stereocenters. The summed E-state index contributed by atoms with van der Waals surface area (Å²) in [6, 6.07) is 20.7. The number of nitro benzene ring substituents is 1. The van der Waals surface area contributed by atoms with E-state index in [1.165, 1.54) is 35.2 Å². The topological polar surface area (TPSA) is 88.7 Å². The van der Waals surface area contributed by atoms with Crippen molar-refractivity contribution in [3.05, 3.63) is 123 Å². The molecule has 0 bridgehead atoms. The van der Waals surface area contributed by atoms with Crippen LogP contribution in [0.1, 0.15) is 47.1 Å². The van der Waals surface area contributed by atoms with E-state index < -0.39 is 16.9 Å². The number of nitro groups is 1. The summed E-state index contributed by atoms with van der Waals surface area (Å²) >= 11 is 0. The number of benzene rings is 3. The SMILES string of the molecule is Cc1ccc(C(=O)N(CC(=O)N2c3ccccc3-n3cccc3[C@@H]2c2ccc(F)cc2)C(C)C)cc1[N+](=O)[O-]. The van der Waals surface area contributed by atoms with Crippen LogP contribution in [0.2, 0.25) is 0 Å². The Labute approximate surface area is 225 Å². The zero-order valence-corrected chi connectivity index (χ0v) is 21.7. The van der Waals surface area contributed by atoms with Gasteiger partial charge in [0, 0.05) is 29.4 Å². The first-order valence-corrected chi connectivity index (χ1v) is 12.6. The van der Waals surface area contributed by atoms with E-state index in [9.17, 15) is 24.1 Å². The molecule has 3 aromatic carbocycles. The highest BCUT2D eigenvalue weighted by atomic mass is 19.1. The highest BCUT2D eigenvalue weighted by molar-refractivity contribution is 6.03. The van der Waals surface area contributed by atoms with Gasteiger partial charge in [0.05, 0.1) is 22.0 Å². The van der Waals surface area contributed by atoms with Crippen LogP contribution in [0.3, 0.4) is 0 Å². The first kappa shape index (κ1) is 25.8. The third kappa shape index (κ3) is 4.67. The molecule has 0 radical (unpaired) electrons. The number of nitrogens with zero attached hydrogens (tertiary/aromatic N) is 4. The summed E-state index contributed by atoms with van der Waals surface area (Å²) in [5.74, 6) is -1.20. The second kappa shape index (κ2) is 10.2. The zero-order valence-electron chi connectivity index (χ0n) is 21.7.